The Morgan fingerprint density at radius 3 is 2.65 bits per heavy atom. The van der Waals surface area contributed by atoms with Crippen molar-refractivity contribution in [2.24, 2.45) is 0 Å². The molecule has 0 radical (unpaired) electrons. The van der Waals surface area contributed by atoms with Crippen LogP contribution in [0, 0.1) is 18.6 Å². The Balaban J connectivity index is 0.00000243. The van der Waals surface area contributed by atoms with Crippen LogP contribution in [0.25, 0.3) is 0 Å². The van der Waals surface area contributed by atoms with E-state index in [0.717, 1.165) is 38.1 Å². The number of aromatic nitrogens is 3. The molecule has 1 aliphatic rings. The number of hydrogen-bond acceptors (Lipinski definition) is 4. The van der Waals surface area contributed by atoms with Crippen LogP contribution in [0.15, 0.2) is 18.2 Å². The molecular weight excluding hydrogens is 364 g/mol. The second-order valence-corrected chi connectivity index (χ2v) is 6.32. The van der Waals surface area contributed by atoms with Crippen molar-refractivity contribution >= 4 is 18.3 Å². The van der Waals surface area contributed by atoms with Gasteiger partial charge < -0.3 is 10.6 Å². The maximum Gasteiger partial charge on any atom is 0.274 e. The molecule has 2 heterocycles. The van der Waals surface area contributed by atoms with Crippen molar-refractivity contribution in [1.82, 2.24) is 25.6 Å². The van der Waals surface area contributed by atoms with Crippen LogP contribution in [0.4, 0.5) is 8.78 Å². The fourth-order valence-electron chi connectivity index (χ4n) is 3.08. The van der Waals surface area contributed by atoms with E-state index in [9.17, 15) is 13.6 Å². The zero-order valence-corrected chi connectivity index (χ0v) is 15.4. The van der Waals surface area contributed by atoms with Crippen LogP contribution in [0.3, 0.4) is 0 Å². The van der Waals surface area contributed by atoms with Crippen LogP contribution in [0.1, 0.15) is 53.6 Å². The Bertz CT molecular complexity index is 777. The Morgan fingerprint density at radius 1 is 1.31 bits per heavy atom. The summed E-state index contributed by atoms with van der Waals surface area (Å²) in [6.45, 7) is 5.35. The molecule has 1 aromatic carbocycles. The monoisotopic (exact) mass is 385 g/mol. The molecule has 0 spiro atoms. The van der Waals surface area contributed by atoms with Gasteiger partial charge in [-0.1, -0.05) is 11.3 Å². The molecule has 1 fully saturated rings. The number of amides is 1. The molecule has 2 N–H and O–H groups in total. The quantitative estimate of drug-likeness (QED) is 0.848. The maximum absolute atomic E-state index is 13.4. The summed E-state index contributed by atoms with van der Waals surface area (Å²) in [6.07, 6.45) is 1.88. The molecule has 1 saturated heterocycles. The van der Waals surface area contributed by atoms with Crippen molar-refractivity contribution in [3.8, 4) is 0 Å². The second-order valence-electron chi connectivity index (χ2n) is 6.32. The highest BCUT2D eigenvalue weighted by Crippen LogP contribution is 2.21. The lowest BCUT2D eigenvalue weighted by atomic mass is 10.1. The number of nitrogens with zero attached hydrogens (tertiary/aromatic N) is 3. The number of carbonyl (C=O) groups is 1. The number of nitrogens with one attached hydrogen (secondary N) is 2. The minimum atomic E-state index is -0.938. The van der Waals surface area contributed by atoms with Gasteiger partial charge in [0.25, 0.3) is 5.91 Å². The SMILES string of the molecule is Cc1c(C(=O)NC(C)c2ccc(F)c(F)c2)nnn1C1CCNCC1.Cl. The highest BCUT2D eigenvalue weighted by Gasteiger charge is 2.24. The molecule has 6 nitrogen and oxygen atoms in total. The molecule has 2 aromatic rings. The smallest absolute Gasteiger partial charge is 0.274 e. The molecule has 142 valence electrons. The van der Waals surface area contributed by atoms with Gasteiger partial charge in [-0.25, -0.2) is 13.5 Å². The molecule has 0 aliphatic carbocycles. The fraction of sp³-hybridized carbons (Fsp3) is 0.471. The predicted molar refractivity (Wildman–Crippen MR) is 95.4 cm³/mol. The molecule has 1 aromatic heterocycles. The van der Waals surface area contributed by atoms with Gasteiger partial charge in [0.2, 0.25) is 0 Å². The van der Waals surface area contributed by atoms with Crippen LogP contribution < -0.4 is 10.6 Å². The van der Waals surface area contributed by atoms with Crippen LogP contribution in [0.2, 0.25) is 0 Å². The molecule has 1 unspecified atom stereocenters. The lowest BCUT2D eigenvalue weighted by molar-refractivity contribution is 0.0934. The third-order valence-electron chi connectivity index (χ3n) is 4.59. The van der Waals surface area contributed by atoms with Crippen LogP contribution in [-0.2, 0) is 0 Å². The van der Waals surface area contributed by atoms with Crippen molar-refractivity contribution in [2.45, 2.75) is 38.8 Å². The van der Waals surface area contributed by atoms with Gasteiger partial charge in [0, 0.05) is 0 Å². The molecule has 26 heavy (non-hydrogen) atoms. The summed E-state index contributed by atoms with van der Waals surface area (Å²) in [5, 5.41) is 14.2. The lowest BCUT2D eigenvalue weighted by Gasteiger charge is -2.23. The first-order chi connectivity index (χ1) is 12.0. The van der Waals surface area contributed by atoms with Gasteiger partial charge >= 0.3 is 0 Å². The summed E-state index contributed by atoms with van der Waals surface area (Å²) in [5.74, 6) is -2.23. The zero-order chi connectivity index (χ0) is 18.0. The fourth-order valence-corrected chi connectivity index (χ4v) is 3.08. The molecule has 1 aliphatic heterocycles. The summed E-state index contributed by atoms with van der Waals surface area (Å²) < 4.78 is 28.2. The van der Waals surface area contributed by atoms with Crippen molar-refractivity contribution in [1.29, 1.82) is 0 Å². The molecule has 0 saturated carbocycles. The summed E-state index contributed by atoms with van der Waals surface area (Å²) in [4.78, 5) is 12.5. The van der Waals surface area contributed by atoms with Crippen molar-refractivity contribution in [3.63, 3.8) is 0 Å². The topological polar surface area (TPSA) is 71.8 Å². The Labute approximate surface area is 156 Å². The Kier molecular flexibility index (Phi) is 6.66. The standard InChI is InChI=1S/C17H21F2N5O.ClH/c1-10(12-3-4-14(18)15(19)9-12)21-17(25)16-11(2)24(23-22-16)13-5-7-20-8-6-13;/h3-4,9-10,13,20H,5-8H2,1-2H3,(H,21,25);1H. The van der Waals surface area contributed by atoms with E-state index in [1.54, 1.807) is 11.6 Å². The number of hydrogen-bond donors (Lipinski definition) is 2. The summed E-state index contributed by atoms with van der Waals surface area (Å²) in [5.41, 5.74) is 1.45. The zero-order valence-electron chi connectivity index (χ0n) is 14.6. The Hall–Kier alpha value is -2.06. The Morgan fingerprint density at radius 2 is 2.00 bits per heavy atom. The minimum absolute atomic E-state index is 0. The summed E-state index contributed by atoms with van der Waals surface area (Å²) >= 11 is 0. The highest BCUT2D eigenvalue weighted by atomic mass is 35.5. The van der Waals surface area contributed by atoms with E-state index in [2.05, 4.69) is 20.9 Å². The third kappa shape index (κ3) is 4.19. The van der Waals surface area contributed by atoms with Gasteiger partial charge in [-0.05, 0) is 57.5 Å². The van der Waals surface area contributed by atoms with Gasteiger partial charge in [-0.2, -0.15) is 0 Å². The number of halogens is 3. The predicted octanol–water partition coefficient (Wildman–Crippen LogP) is 2.70. The minimum Gasteiger partial charge on any atom is -0.344 e. The number of rotatable bonds is 4. The van der Waals surface area contributed by atoms with Crippen molar-refractivity contribution < 1.29 is 13.6 Å². The number of carbonyl (C=O) groups excluding carboxylic acids is 1. The third-order valence-corrected chi connectivity index (χ3v) is 4.59. The van der Waals surface area contributed by atoms with E-state index >= 15 is 0 Å². The van der Waals surface area contributed by atoms with Crippen LogP contribution in [-0.4, -0.2) is 34.0 Å². The second kappa shape index (κ2) is 8.55. The average molecular weight is 386 g/mol. The van der Waals surface area contributed by atoms with Gasteiger partial charge in [-0.3, -0.25) is 4.79 Å². The average Bonchev–Trinajstić information content (AvgIpc) is 2.99. The first kappa shape index (κ1) is 20.3. The van der Waals surface area contributed by atoms with Crippen molar-refractivity contribution in [3.05, 3.63) is 46.8 Å². The van der Waals surface area contributed by atoms with Gasteiger partial charge in [0.15, 0.2) is 17.3 Å². The first-order valence-corrected chi connectivity index (χ1v) is 8.35. The largest absolute Gasteiger partial charge is 0.344 e. The molecule has 1 atom stereocenters. The van der Waals surface area contributed by atoms with Crippen molar-refractivity contribution in [2.75, 3.05) is 13.1 Å². The van der Waals surface area contributed by atoms with E-state index in [4.69, 9.17) is 0 Å². The number of piperidine rings is 1. The molecule has 9 heteroatoms. The van der Waals surface area contributed by atoms with Gasteiger partial charge in [0.1, 0.15) is 0 Å². The summed E-state index contributed by atoms with van der Waals surface area (Å²) in [6, 6.07) is 3.33. The van der Waals surface area contributed by atoms with E-state index < -0.39 is 17.7 Å². The van der Waals surface area contributed by atoms with E-state index in [1.807, 2.05) is 6.92 Å². The van der Waals surface area contributed by atoms with E-state index in [0.29, 0.717) is 11.3 Å². The molecule has 1 amide bonds. The highest BCUT2D eigenvalue weighted by molar-refractivity contribution is 5.93. The van der Waals surface area contributed by atoms with E-state index in [1.165, 1.54) is 6.07 Å². The van der Waals surface area contributed by atoms with E-state index in [-0.39, 0.29) is 30.0 Å². The maximum atomic E-state index is 13.4. The van der Waals surface area contributed by atoms with Gasteiger partial charge in [0.05, 0.1) is 17.8 Å². The lowest BCUT2D eigenvalue weighted by Crippen LogP contribution is -2.31. The molecule has 0 bridgehead atoms. The normalized spacial score (nSPS) is 16.0. The number of benzene rings is 1. The first-order valence-electron chi connectivity index (χ1n) is 8.35. The molecule has 3 rings (SSSR count). The van der Waals surface area contributed by atoms with Crippen LogP contribution in [0.5, 0.6) is 0 Å². The van der Waals surface area contributed by atoms with Gasteiger partial charge in [-0.15, -0.1) is 17.5 Å². The van der Waals surface area contributed by atoms with Crippen LogP contribution >= 0.6 is 12.4 Å². The summed E-state index contributed by atoms with van der Waals surface area (Å²) in [7, 11) is 0. The molecular formula is C17H22ClF2N5O.